The molecule has 0 amide bonds. The average Bonchev–Trinajstić information content (AvgIpc) is 2.77. The molecule has 1 aromatic heterocycles. The van der Waals surface area contributed by atoms with Crippen LogP contribution in [0.2, 0.25) is 0 Å². The lowest BCUT2D eigenvalue weighted by atomic mass is 10.2. The Bertz CT molecular complexity index is 564. The van der Waals surface area contributed by atoms with Crippen molar-refractivity contribution in [3.05, 3.63) is 50.2 Å². The van der Waals surface area contributed by atoms with Crippen LogP contribution in [-0.2, 0) is 30.9 Å². The van der Waals surface area contributed by atoms with E-state index in [2.05, 4.69) is 62.9 Å². The predicted octanol–water partition coefficient (Wildman–Crippen LogP) is 4.71. The first-order chi connectivity index (χ1) is 9.65. The van der Waals surface area contributed by atoms with Crippen LogP contribution in [0.4, 0.5) is 0 Å². The topological polar surface area (TPSA) is 27.1 Å². The van der Waals surface area contributed by atoms with E-state index in [4.69, 9.17) is 4.74 Å². The Labute approximate surface area is 136 Å². The molecule has 0 aliphatic heterocycles. The lowest BCUT2D eigenvalue weighted by molar-refractivity contribution is 0.101. The van der Waals surface area contributed by atoms with Crippen LogP contribution >= 0.6 is 31.9 Å². The molecule has 0 unspecified atom stereocenters. The summed E-state index contributed by atoms with van der Waals surface area (Å²) < 4.78 is 9.99. The van der Waals surface area contributed by atoms with E-state index in [0.717, 1.165) is 33.3 Å². The van der Waals surface area contributed by atoms with Gasteiger partial charge < -0.3 is 4.74 Å². The SMILES string of the molecule is CCc1nn(CC)c(COCc2ccc(Br)cc2)c1Br. The molecule has 108 valence electrons. The van der Waals surface area contributed by atoms with Gasteiger partial charge in [-0.25, -0.2) is 0 Å². The molecule has 1 aromatic carbocycles. The van der Waals surface area contributed by atoms with Crippen LogP contribution in [0.25, 0.3) is 0 Å². The molecule has 2 rings (SSSR count). The zero-order chi connectivity index (χ0) is 14.5. The number of aryl methyl sites for hydroxylation is 2. The van der Waals surface area contributed by atoms with Crippen LogP contribution < -0.4 is 0 Å². The Morgan fingerprint density at radius 2 is 1.80 bits per heavy atom. The third-order valence-corrected chi connectivity index (χ3v) is 4.56. The number of halogens is 2. The smallest absolute Gasteiger partial charge is 0.0900 e. The highest BCUT2D eigenvalue weighted by molar-refractivity contribution is 9.10. The number of benzene rings is 1. The molecule has 0 N–H and O–H groups in total. The molecule has 0 saturated carbocycles. The van der Waals surface area contributed by atoms with Crippen molar-refractivity contribution in [2.75, 3.05) is 0 Å². The van der Waals surface area contributed by atoms with Crippen molar-refractivity contribution >= 4 is 31.9 Å². The van der Waals surface area contributed by atoms with Gasteiger partial charge in [-0.1, -0.05) is 35.0 Å². The normalized spacial score (nSPS) is 11.0. The van der Waals surface area contributed by atoms with E-state index in [1.54, 1.807) is 0 Å². The van der Waals surface area contributed by atoms with Gasteiger partial charge in [0.1, 0.15) is 0 Å². The van der Waals surface area contributed by atoms with Crippen molar-refractivity contribution in [1.29, 1.82) is 0 Å². The Morgan fingerprint density at radius 3 is 2.40 bits per heavy atom. The van der Waals surface area contributed by atoms with Crippen molar-refractivity contribution < 1.29 is 4.74 Å². The summed E-state index contributed by atoms with van der Waals surface area (Å²) in [5, 5.41) is 4.57. The molecule has 0 atom stereocenters. The molecule has 0 aliphatic rings. The summed E-state index contributed by atoms with van der Waals surface area (Å²) in [6, 6.07) is 8.18. The molecule has 0 radical (unpaired) electrons. The monoisotopic (exact) mass is 400 g/mol. The summed E-state index contributed by atoms with van der Waals surface area (Å²) in [5.74, 6) is 0. The summed E-state index contributed by atoms with van der Waals surface area (Å²) in [6.45, 7) is 6.24. The second-order valence-electron chi connectivity index (χ2n) is 4.50. The van der Waals surface area contributed by atoms with Gasteiger partial charge in [-0.05, 0) is 47.0 Å². The van der Waals surface area contributed by atoms with Crippen molar-refractivity contribution in [2.24, 2.45) is 0 Å². The first-order valence-corrected chi connectivity index (χ1v) is 8.30. The number of hydrogen-bond donors (Lipinski definition) is 0. The molecule has 0 saturated heterocycles. The molecule has 0 bridgehead atoms. The zero-order valence-corrected chi connectivity index (χ0v) is 14.9. The van der Waals surface area contributed by atoms with Crippen LogP contribution in [0, 0.1) is 0 Å². The summed E-state index contributed by atoms with van der Waals surface area (Å²) >= 11 is 7.06. The van der Waals surface area contributed by atoms with Gasteiger partial charge in [0.25, 0.3) is 0 Å². The number of aromatic nitrogens is 2. The van der Waals surface area contributed by atoms with Gasteiger partial charge in [-0.3, -0.25) is 4.68 Å². The second kappa shape index (κ2) is 7.38. The maximum absolute atomic E-state index is 5.82. The number of hydrogen-bond acceptors (Lipinski definition) is 2. The van der Waals surface area contributed by atoms with Crippen LogP contribution in [0.1, 0.15) is 30.8 Å². The van der Waals surface area contributed by atoms with Crippen LogP contribution in [-0.4, -0.2) is 9.78 Å². The highest BCUT2D eigenvalue weighted by atomic mass is 79.9. The van der Waals surface area contributed by atoms with Gasteiger partial charge in [0.15, 0.2) is 0 Å². The van der Waals surface area contributed by atoms with Crippen molar-refractivity contribution in [3.8, 4) is 0 Å². The summed E-state index contributed by atoms with van der Waals surface area (Å²) in [5.41, 5.74) is 3.37. The lowest BCUT2D eigenvalue weighted by Crippen LogP contribution is -2.05. The molecule has 0 fully saturated rings. The fourth-order valence-electron chi connectivity index (χ4n) is 2.00. The fraction of sp³-hybridized carbons (Fsp3) is 0.400. The average molecular weight is 402 g/mol. The fourth-order valence-corrected chi connectivity index (χ4v) is 2.94. The maximum Gasteiger partial charge on any atom is 0.0900 e. The summed E-state index contributed by atoms with van der Waals surface area (Å²) in [6.07, 6.45) is 0.924. The number of ether oxygens (including phenoxy) is 1. The summed E-state index contributed by atoms with van der Waals surface area (Å²) in [4.78, 5) is 0. The number of rotatable bonds is 6. The number of nitrogens with zero attached hydrogens (tertiary/aromatic N) is 2. The van der Waals surface area contributed by atoms with E-state index < -0.39 is 0 Å². The lowest BCUT2D eigenvalue weighted by Gasteiger charge is -2.07. The van der Waals surface area contributed by atoms with Gasteiger partial charge in [-0.2, -0.15) is 5.10 Å². The van der Waals surface area contributed by atoms with E-state index in [1.165, 1.54) is 5.56 Å². The minimum absolute atomic E-state index is 0.567. The molecule has 3 nitrogen and oxygen atoms in total. The van der Waals surface area contributed by atoms with Crippen LogP contribution in [0.5, 0.6) is 0 Å². The second-order valence-corrected chi connectivity index (χ2v) is 6.20. The molecule has 0 spiro atoms. The highest BCUT2D eigenvalue weighted by Gasteiger charge is 2.13. The maximum atomic E-state index is 5.82. The Kier molecular flexibility index (Phi) is 5.81. The molecule has 2 aromatic rings. The third-order valence-electron chi connectivity index (χ3n) is 3.11. The van der Waals surface area contributed by atoms with E-state index in [1.807, 2.05) is 16.8 Å². The van der Waals surface area contributed by atoms with Crippen molar-refractivity contribution in [1.82, 2.24) is 9.78 Å². The highest BCUT2D eigenvalue weighted by Crippen LogP contribution is 2.23. The Morgan fingerprint density at radius 1 is 1.10 bits per heavy atom. The van der Waals surface area contributed by atoms with Gasteiger partial charge in [0, 0.05) is 11.0 Å². The molecular formula is C15H18Br2N2O. The van der Waals surface area contributed by atoms with Gasteiger partial charge in [-0.15, -0.1) is 0 Å². The van der Waals surface area contributed by atoms with E-state index >= 15 is 0 Å². The van der Waals surface area contributed by atoms with Crippen molar-refractivity contribution in [2.45, 2.75) is 40.0 Å². The standard InChI is InChI=1S/C15H18Br2N2O/c1-3-13-15(17)14(19(4-2)18-13)10-20-9-11-5-7-12(16)8-6-11/h5-8H,3-4,9-10H2,1-2H3. The van der Waals surface area contributed by atoms with Gasteiger partial charge in [0.2, 0.25) is 0 Å². The quantitative estimate of drug-likeness (QED) is 0.700. The third kappa shape index (κ3) is 3.71. The Balaban J connectivity index is 2.00. The molecule has 1 heterocycles. The van der Waals surface area contributed by atoms with E-state index in [0.29, 0.717) is 13.2 Å². The molecule has 20 heavy (non-hydrogen) atoms. The molecule has 0 aliphatic carbocycles. The minimum atomic E-state index is 0.567. The zero-order valence-electron chi connectivity index (χ0n) is 11.7. The van der Waals surface area contributed by atoms with E-state index in [-0.39, 0.29) is 0 Å². The van der Waals surface area contributed by atoms with Crippen molar-refractivity contribution in [3.63, 3.8) is 0 Å². The largest absolute Gasteiger partial charge is 0.370 e. The van der Waals surface area contributed by atoms with E-state index in [9.17, 15) is 0 Å². The van der Waals surface area contributed by atoms with Gasteiger partial charge in [0.05, 0.1) is 29.1 Å². The summed E-state index contributed by atoms with van der Waals surface area (Å²) in [7, 11) is 0. The molecular weight excluding hydrogens is 384 g/mol. The first kappa shape index (κ1) is 15.7. The van der Waals surface area contributed by atoms with Crippen LogP contribution in [0.3, 0.4) is 0 Å². The van der Waals surface area contributed by atoms with Crippen LogP contribution in [0.15, 0.2) is 33.2 Å². The van der Waals surface area contributed by atoms with Gasteiger partial charge >= 0.3 is 0 Å². The predicted molar refractivity (Wildman–Crippen MR) is 87.6 cm³/mol. The first-order valence-electron chi connectivity index (χ1n) is 6.71. The molecule has 5 heteroatoms. The minimum Gasteiger partial charge on any atom is -0.370 e. The Hall–Kier alpha value is -0.650.